The number of aliphatic imine (C=N–C) groups is 1. The molecule has 0 amide bonds. The average molecular weight is 449 g/mol. The highest BCUT2D eigenvalue weighted by molar-refractivity contribution is 14.1. The minimum atomic E-state index is -0.0533. The lowest BCUT2D eigenvalue weighted by Crippen LogP contribution is -2.47. The summed E-state index contributed by atoms with van der Waals surface area (Å²) in [7, 11) is 1.81. The summed E-state index contributed by atoms with van der Waals surface area (Å²) in [6.45, 7) is 4.89. The van der Waals surface area contributed by atoms with E-state index in [0.717, 1.165) is 44.9 Å². The SMILES string of the molecule is CCOC(=O)C1CCN(C(=NC)NCCc2ccc(I)s2)CC1. The number of carbonyl (C=O) groups excluding carboxylic acids is 1. The topological polar surface area (TPSA) is 53.9 Å². The molecule has 0 atom stereocenters. The van der Waals surface area contributed by atoms with Crippen LogP contribution in [0.3, 0.4) is 0 Å². The summed E-state index contributed by atoms with van der Waals surface area (Å²) in [6.07, 6.45) is 2.68. The molecule has 0 unspecified atom stereocenters. The molecule has 0 spiro atoms. The molecule has 0 bridgehead atoms. The second-order valence-corrected chi connectivity index (χ2v) is 8.51. The number of carbonyl (C=O) groups is 1. The number of guanidine groups is 1. The molecule has 2 rings (SSSR count). The van der Waals surface area contributed by atoms with Gasteiger partial charge in [0.25, 0.3) is 0 Å². The zero-order valence-electron chi connectivity index (χ0n) is 13.7. The summed E-state index contributed by atoms with van der Waals surface area (Å²) in [5.41, 5.74) is 0. The number of ether oxygens (including phenoxy) is 1. The molecule has 2 heterocycles. The number of thiophene rings is 1. The summed E-state index contributed by atoms with van der Waals surface area (Å²) in [5.74, 6) is 0.915. The van der Waals surface area contributed by atoms with Crippen molar-refractivity contribution in [3.8, 4) is 0 Å². The first kappa shape index (κ1) is 18.5. The number of esters is 1. The summed E-state index contributed by atoms with van der Waals surface area (Å²) in [6, 6.07) is 4.33. The van der Waals surface area contributed by atoms with E-state index in [1.807, 2.05) is 25.3 Å². The van der Waals surface area contributed by atoms with E-state index in [4.69, 9.17) is 4.74 Å². The van der Waals surface area contributed by atoms with Crippen LogP contribution >= 0.6 is 33.9 Å². The van der Waals surface area contributed by atoms with Crippen molar-refractivity contribution in [1.82, 2.24) is 10.2 Å². The third-order valence-electron chi connectivity index (χ3n) is 3.91. The van der Waals surface area contributed by atoms with Gasteiger partial charge in [-0.1, -0.05) is 0 Å². The van der Waals surface area contributed by atoms with E-state index in [9.17, 15) is 4.79 Å². The van der Waals surface area contributed by atoms with Gasteiger partial charge in [0.1, 0.15) is 0 Å². The molecule has 128 valence electrons. The van der Waals surface area contributed by atoms with Crippen LogP contribution in [0.4, 0.5) is 0 Å². The van der Waals surface area contributed by atoms with Crippen molar-refractivity contribution in [2.45, 2.75) is 26.2 Å². The van der Waals surface area contributed by atoms with Crippen LogP contribution in [-0.2, 0) is 16.0 Å². The first-order chi connectivity index (χ1) is 11.1. The van der Waals surface area contributed by atoms with Crippen LogP contribution in [0.15, 0.2) is 17.1 Å². The van der Waals surface area contributed by atoms with Crippen molar-refractivity contribution in [3.63, 3.8) is 0 Å². The lowest BCUT2D eigenvalue weighted by Gasteiger charge is -2.33. The van der Waals surface area contributed by atoms with E-state index >= 15 is 0 Å². The second-order valence-electron chi connectivity index (χ2n) is 5.44. The second kappa shape index (κ2) is 9.46. The van der Waals surface area contributed by atoms with Crippen molar-refractivity contribution in [2.24, 2.45) is 10.9 Å². The monoisotopic (exact) mass is 449 g/mol. The number of piperidine rings is 1. The molecule has 0 aliphatic carbocycles. The number of nitrogens with one attached hydrogen (secondary N) is 1. The zero-order chi connectivity index (χ0) is 16.7. The minimum absolute atomic E-state index is 0.0394. The number of likely N-dealkylation sites (tertiary alicyclic amines) is 1. The molecule has 1 saturated heterocycles. The Bertz CT molecular complexity index is 539. The van der Waals surface area contributed by atoms with Crippen LogP contribution < -0.4 is 5.32 Å². The molecule has 23 heavy (non-hydrogen) atoms. The van der Waals surface area contributed by atoms with Gasteiger partial charge in [-0.25, -0.2) is 0 Å². The van der Waals surface area contributed by atoms with Crippen LogP contribution in [0, 0.1) is 8.80 Å². The van der Waals surface area contributed by atoms with Gasteiger partial charge in [-0.3, -0.25) is 9.79 Å². The number of halogens is 1. The van der Waals surface area contributed by atoms with Crippen molar-refractivity contribution >= 4 is 45.9 Å². The Morgan fingerprint density at radius 1 is 1.48 bits per heavy atom. The molecule has 1 N–H and O–H groups in total. The lowest BCUT2D eigenvalue weighted by molar-refractivity contribution is -0.149. The van der Waals surface area contributed by atoms with Gasteiger partial charge in [0.05, 0.1) is 15.4 Å². The number of hydrogen-bond donors (Lipinski definition) is 1. The number of nitrogens with zero attached hydrogens (tertiary/aromatic N) is 2. The fraction of sp³-hybridized carbons (Fsp3) is 0.625. The van der Waals surface area contributed by atoms with E-state index in [1.54, 1.807) is 0 Å². The van der Waals surface area contributed by atoms with E-state index in [-0.39, 0.29) is 11.9 Å². The maximum Gasteiger partial charge on any atom is 0.309 e. The standard InChI is InChI=1S/C16H24IN3O2S/c1-3-22-15(21)12-7-10-20(11-8-12)16(18-2)19-9-6-13-4-5-14(17)23-13/h4-5,12H,3,6-11H2,1-2H3,(H,18,19). The Labute approximate surface area is 155 Å². The molecule has 0 aromatic carbocycles. The third-order valence-corrected chi connectivity index (χ3v) is 5.86. The van der Waals surface area contributed by atoms with Crippen molar-refractivity contribution < 1.29 is 9.53 Å². The Kier molecular flexibility index (Phi) is 7.61. The van der Waals surface area contributed by atoms with Crippen LogP contribution in [-0.4, -0.2) is 50.1 Å². The number of rotatable bonds is 5. The molecule has 1 aliphatic heterocycles. The van der Waals surface area contributed by atoms with Crippen LogP contribution in [0.1, 0.15) is 24.6 Å². The molecule has 5 nitrogen and oxygen atoms in total. The molecular formula is C16H24IN3O2S. The van der Waals surface area contributed by atoms with Crippen molar-refractivity contribution in [2.75, 3.05) is 33.3 Å². The van der Waals surface area contributed by atoms with Gasteiger partial charge >= 0.3 is 5.97 Å². The predicted octanol–water partition coefficient (Wildman–Crippen LogP) is 2.75. The van der Waals surface area contributed by atoms with Crippen molar-refractivity contribution in [3.05, 3.63) is 19.9 Å². The first-order valence-electron chi connectivity index (χ1n) is 8.00. The summed E-state index contributed by atoms with van der Waals surface area (Å²) < 4.78 is 6.44. The Morgan fingerprint density at radius 3 is 2.78 bits per heavy atom. The molecule has 1 aromatic rings. The average Bonchev–Trinajstić information content (AvgIpc) is 2.97. The Balaban J connectivity index is 1.75. The molecule has 0 radical (unpaired) electrons. The highest BCUT2D eigenvalue weighted by Crippen LogP contribution is 2.19. The quantitative estimate of drug-likeness (QED) is 0.325. The Hall–Kier alpha value is -0.830. The van der Waals surface area contributed by atoms with E-state index in [0.29, 0.717) is 6.61 Å². The van der Waals surface area contributed by atoms with E-state index in [2.05, 4.69) is 49.9 Å². The van der Waals surface area contributed by atoms with Crippen molar-refractivity contribution in [1.29, 1.82) is 0 Å². The maximum atomic E-state index is 11.8. The normalized spacial score (nSPS) is 16.5. The van der Waals surface area contributed by atoms with Gasteiger partial charge in [-0.05, 0) is 60.9 Å². The highest BCUT2D eigenvalue weighted by atomic mass is 127. The fourth-order valence-electron chi connectivity index (χ4n) is 2.70. The molecule has 1 fully saturated rings. The molecule has 0 saturated carbocycles. The van der Waals surface area contributed by atoms with Crippen LogP contribution in [0.25, 0.3) is 0 Å². The van der Waals surface area contributed by atoms with Crippen LogP contribution in [0.2, 0.25) is 0 Å². The lowest BCUT2D eigenvalue weighted by atomic mass is 9.97. The molecule has 7 heteroatoms. The summed E-state index contributed by atoms with van der Waals surface area (Å²) >= 11 is 4.18. The molecular weight excluding hydrogens is 425 g/mol. The maximum absolute atomic E-state index is 11.8. The summed E-state index contributed by atoms with van der Waals surface area (Å²) in [5, 5.41) is 3.43. The van der Waals surface area contributed by atoms with Gasteiger partial charge in [-0.2, -0.15) is 0 Å². The third kappa shape index (κ3) is 5.63. The van der Waals surface area contributed by atoms with E-state index < -0.39 is 0 Å². The van der Waals surface area contributed by atoms with Gasteiger partial charge < -0.3 is 15.0 Å². The zero-order valence-corrected chi connectivity index (χ0v) is 16.7. The fourth-order valence-corrected chi connectivity index (χ4v) is 4.46. The van der Waals surface area contributed by atoms with Gasteiger partial charge in [0, 0.05) is 31.6 Å². The minimum Gasteiger partial charge on any atom is -0.466 e. The van der Waals surface area contributed by atoms with Gasteiger partial charge in [0.2, 0.25) is 0 Å². The first-order valence-corrected chi connectivity index (χ1v) is 9.90. The Morgan fingerprint density at radius 2 is 2.22 bits per heavy atom. The smallest absolute Gasteiger partial charge is 0.309 e. The van der Waals surface area contributed by atoms with E-state index in [1.165, 1.54) is 7.76 Å². The number of hydrogen-bond acceptors (Lipinski definition) is 4. The van der Waals surface area contributed by atoms with Gasteiger partial charge in [-0.15, -0.1) is 11.3 Å². The van der Waals surface area contributed by atoms with Crippen LogP contribution in [0.5, 0.6) is 0 Å². The molecule has 1 aromatic heterocycles. The van der Waals surface area contributed by atoms with Gasteiger partial charge in [0.15, 0.2) is 5.96 Å². The predicted molar refractivity (Wildman–Crippen MR) is 103 cm³/mol. The molecule has 1 aliphatic rings. The highest BCUT2D eigenvalue weighted by Gasteiger charge is 2.27. The largest absolute Gasteiger partial charge is 0.466 e. The summed E-state index contributed by atoms with van der Waals surface area (Å²) in [4.78, 5) is 19.8.